The highest BCUT2D eigenvalue weighted by Crippen LogP contribution is 2.25. The van der Waals surface area contributed by atoms with Crippen LogP contribution in [0.2, 0.25) is 0 Å². The van der Waals surface area contributed by atoms with E-state index in [1.165, 1.54) is 11.3 Å². The van der Waals surface area contributed by atoms with Crippen molar-refractivity contribution in [2.24, 2.45) is 0 Å². The zero-order chi connectivity index (χ0) is 16.7. The Morgan fingerprint density at radius 3 is 2.70 bits per heavy atom. The van der Waals surface area contributed by atoms with Gasteiger partial charge < -0.3 is 19.9 Å². The molecule has 0 radical (unpaired) electrons. The maximum atomic E-state index is 11.6. The number of carboxylic acids is 1. The van der Waals surface area contributed by atoms with Crippen LogP contribution in [0, 0.1) is 0 Å². The van der Waals surface area contributed by atoms with Gasteiger partial charge >= 0.3 is 5.97 Å². The maximum Gasteiger partial charge on any atom is 0.322 e. The van der Waals surface area contributed by atoms with Gasteiger partial charge in [-0.25, -0.2) is 4.98 Å². The van der Waals surface area contributed by atoms with Gasteiger partial charge in [-0.2, -0.15) is 0 Å². The molecule has 0 saturated carbocycles. The quantitative estimate of drug-likeness (QED) is 0.710. The molecule has 0 aliphatic carbocycles. The summed E-state index contributed by atoms with van der Waals surface area (Å²) in [5.74, 6) is -0.749. The monoisotopic (exact) mass is 336 g/mol. The molecule has 2 aromatic rings. The number of benzene rings is 1. The Labute approximate surface area is 136 Å². The van der Waals surface area contributed by atoms with Crippen LogP contribution >= 0.6 is 11.3 Å². The molecule has 1 aromatic carbocycles. The Morgan fingerprint density at radius 2 is 2.04 bits per heavy atom. The summed E-state index contributed by atoms with van der Waals surface area (Å²) in [6.07, 6.45) is 0.0544. The van der Waals surface area contributed by atoms with E-state index < -0.39 is 12.5 Å². The molecule has 0 aliphatic rings. The number of amides is 1. The number of aliphatic carboxylic acids is 1. The molecule has 1 amide bonds. The Bertz CT molecular complexity index is 669. The van der Waals surface area contributed by atoms with Gasteiger partial charge in [0.05, 0.1) is 12.1 Å². The van der Waals surface area contributed by atoms with Gasteiger partial charge in [0.25, 0.3) is 0 Å². The summed E-state index contributed by atoms with van der Waals surface area (Å²) in [5.41, 5.74) is 1.52. The van der Waals surface area contributed by atoms with E-state index in [1.807, 2.05) is 24.3 Å². The Morgan fingerprint density at radius 1 is 1.30 bits per heavy atom. The van der Waals surface area contributed by atoms with Crippen molar-refractivity contribution in [3.63, 3.8) is 0 Å². The number of aromatic nitrogens is 1. The minimum Gasteiger partial charge on any atom is -0.480 e. The zero-order valence-electron chi connectivity index (χ0n) is 12.4. The fourth-order valence-corrected chi connectivity index (χ4v) is 2.57. The van der Waals surface area contributed by atoms with Gasteiger partial charge in [0.1, 0.15) is 17.3 Å². The molecule has 0 atom stereocenters. The fraction of sp³-hybridized carbons (Fsp3) is 0.267. The van der Waals surface area contributed by atoms with Crippen molar-refractivity contribution in [1.82, 2.24) is 10.3 Å². The number of carbonyl (C=O) groups is 2. The van der Waals surface area contributed by atoms with Crippen LogP contribution in [0.4, 0.5) is 0 Å². The van der Waals surface area contributed by atoms with Gasteiger partial charge in [-0.1, -0.05) is 0 Å². The van der Waals surface area contributed by atoms with E-state index in [2.05, 4.69) is 10.3 Å². The van der Waals surface area contributed by atoms with E-state index in [-0.39, 0.29) is 19.1 Å². The standard InChI is InChI=1S/C15H16N2O5S/c1-21-9-22-12-4-2-10(3-5-12)15-17-11(8-23-15)6-13(18)16-7-14(19)20/h2-5,8H,6-7,9H2,1H3,(H,16,18)(H,19,20). The minimum atomic E-state index is -1.08. The molecule has 2 N–H and O–H groups in total. The maximum absolute atomic E-state index is 11.6. The second-order valence-corrected chi connectivity index (χ2v) is 5.42. The summed E-state index contributed by atoms with van der Waals surface area (Å²) in [4.78, 5) is 26.3. The lowest BCUT2D eigenvalue weighted by atomic mass is 10.2. The first-order valence-electron chi connectivity index (χ1n) is 6.73. The summed E-state index contributed by atoms with van der Waals surface area (Å²) in [6, 6.07) is 7.38. The van der Waals surface area contributed by atoms with Crippen LogP contribution < -0.4 is 10.1 Å². The molecule has 0 saturated heterocycles. The SMILES string of the molecule is COCOc1ccc(-c2nc(CC(=O)NCC(=O)O)cs2)cc1. The Kier molecular flexibility index (Phi) is 6.07. The van der Waals surface area contributed by atoms with Crippen LogP contribution in [-0.2, 0) is 20.7 Å². The van der Waals surface area contributed by atoms with E-state index in [1.54, 1.807) is 12.5 Å². The van der Waals surface area contributed by atoms with Gasteiger partial charge in [0, 0.05) is 18.1 Å². The van der Waals surface area contributed by atoms with E-state index in [0.29, 0.717) is 11.4 Å². The molecule has 122 valence electrons. The number of ether oxygens (including phenoxy) is 2. The second kappa shape index (κ2) is 8.25. The third-order valence-electron chi connectivity index (χ3n) is 2.77. The highest BCUT2D eigenvalue weighted by atomic mass is 32.1. The second-order valence-electron chi connectivity index (χ2n) is 4.57. The molecule has 0 spiro atoms. The molecule has 2 rings (SSSR count). The molecule has 0 aliphatic heterocycles. The number of methoxy groups -OCH3 is 1. The van der Waals surface area contributed by atoms with Crippen LogP contribution in [-0.4, -0.2) is 42.4 Å². The number of carboxylic acid groups (broad SMARTS) is 1. The molecule has 8 heteroatoms. The predicted octanol–water partition coefficient (Wildman–Crippen LogP) is 1.54. The largest absolute Gasteiger partial charge is 0.480 e. The predicted molar refractivity (Wildman–Crippen MR) is 84.4 cm³/mol. The van der Waals surface area contributed by atoms with Crippen molar-refractivity contribution in [2.75, 3.05) is 20.4 Å². The summed E-state index contributed by atoms with van der Waals surface area (Å²) in [5, 5.41) is 13.4. The molecule has 0 fully saturated rings. The van der Waals surface area contributed by atoms with Gasteiger partial charge in [-0.15, -0.1) is 11.3 Å². The lowest BCUT2D eigenvalue weighted by Crippen LogP contribution is -2.30. The smallest absolute Gasteiger partial charge is 0.322 e. The van der Waals surface area contributed by atoms with Crippen molar-refractivity contribution < 1.29 is 24.2 Å². The molecule has 1 heterocycles. The van der Waals surface area contributed by atoms with Crippen LogP contribution in [0.5, 0.6) is 5.75 Å². The molecule has 0 bridgehead atoms. The highest BCUT2D eigenvalue weighted by Gasteiger charge is 2.10. The third-order valence-corrected chi connectivity index (χ3v) is 3.72. The van der Waals surface area contributed by atoms with Gasteiger partial charge in [0.2, 0.25) is 5.91 Å². The normalized spacial score (nSPS) is 10.3. The van der Waals surface area contributed by atoms with Crippen molar-refractivity contribution in [2.45, 2.75) is 6.42 Å². The topological polar surface area (TPSA) is 97.8 Å². The summed E-state index contributed by atoms with van der Waals surface area (Å²) >= 11 is 1.42. The Hall–Kier alpha value is -2.45. The zero-order valence-corrected chi connectivity index (χ0v) is 13.3. The van der Waals surface area contributed by atoms with Crippen LogP contribution in [0.15, 0.2) is 29.6 Å². The van der Waals surface area contributed by atoms with Crippen molar-refractivity contribution in [1.29, 1.82) is 0 Å². The first-order chi connectivity index (χ1) is 11.1. The van der Waals surface area contributed by atoms with E-state index in [4.69, 9.17) is 14.6 Å². The van der Waals surface area contributed by atoms with Crippen molar-refractivity contribution in [3.05, 3.63) is 35.3 Å². The first-order valence-corrected chi connectivity index (χ1v) is 7.61. The van der Waals surface area contributed by atoms with Gasteiger partial charge in [0.15, 0.2) is 6.79 Å². The summed E-state index contributed by atoms with van der Waals surface area (Å²) < 4.78 is 10.1. The van der Waals surface area contributed by atoms with Crippen LogP contribution in [0.3, 0.4) is 0 Å². The van der Waals surface area contributed by atoms with Crippen LogP contribution in [0.25, 0.3) is 10.6 Å². The average molecular weight is 336 g/mol. The lowest BCUT2D eigenvalue weighted by Gasteiger charge is -2.04. The van der Waals surface area contributed by atoms with E-state index >= 15 is 0 Å². The van der Waals surface area contributed by atoms with Crippen molar-refractivity contribution in [3.8, 4) is 16.3 Å². The minimum absolute atomic E-state index is 0.0544. The van der Waals surface area contributed by atoms with Gasteiger partial charge in [-0.05, 0) is 24.3 Å². The number of rotatable bonds is 8. The molecule has 1 aromatic heterocycles. The molecule has 0 unspecified atom stereocenters. The summed E-state index contributed by atoms with van der Waals surface area (Å²) in [6.45, 7) is -0.203. The van der Waals surface area contributed by atoms with E-state index in [0.717, 1.165) is 10.6 Å². The number of nitrogens with one attached hydrogen (secondary N) is 1. The highest BCUT2D eigenvalue weighted by molar-refractivity contribution is 7.13. The molecular formula is C15H16N2O5S. The number of hydrogen-bond acceptors (Lipinski definition) is 6. The fourth-order valence-electron chi connectivity index (χ4n) is 1.74. The number of hydrogen-bond donors (Lipinski definition) is 2. The Balaban J connectivity index is 1.95. The number of carbonyl (C=O) groups excluding carboxylic acids is 1. The van der Waals surface area contributed by atoms with E-state index in [9.17, 15) is 9.59 Å². The van der Waals surface area contributed by atoms with Crippen LogP contribution in [0.1, 0.15) is 5.69 Å². The molecule has 23 heavy (non-hydrogen) atoms. The molecular weight excluding hydrogens is 320 g/mol. The molecule has 7 nitrogen and oxygen atoms in total. The van der Waals surface area contributed by atoms with Gasteiger partial charge in [-0.3, -0.25) is 9.59 Å². The summed E-state index contributed by atoms with van der Waals surface area (Å²) in [7, 11) is 1.55. The number of nitrogens with zero attached hydrogens (tertiary/aromatic N) is 1. The first kappa shape index (κ1) is 16.9. The van der Waals surface area contributed by atoms with Crippen molar-refractivity contribution >= 4 is 23.2 Å². The average Bonchev–Trinajstić information content (AvgIpc) is 3.00. The number of thiazole rings is 1. The third kappa shape index (κ3) is 5.35. The lowest BCUT2D eigenvalue weighted by molar-refractivity contribution is -0.137.